The minimum absolute atomic E-state index is 0.117. The zero-order valence-corrected chi connectivity index (χ0v) is 17.8. The summed E-state index contributed by atoms with van der Waals surface area (Å²) in [6.07, 6.45) is 6.95. The van der Waals surface area contributed by atoms with Crippen molar-refractivity contribution in [1.82, 2.24) is 29.5 Å². The molecule has 3 aromatic rings. The van der Waals surface area contributed by atoms with E-state index in [2.05, 4.69) is 52.3 Å². The van der Waals surface area contributed by atoms with Crippen molar-refractivity contribution in [1.29, 1.82) is 0 Å². The maximum Gasteiger partial charge on any atom is 0.227 e. The van der Waals surface area contributed by atoms with Crippen molar-refractivity contribution in [2.24, 2.45) is 0 Å². The van der Waals surface area contributed by atoms with E-state index in [1.54, 1.807) is 6.20 Å². The second kappa shape index (κ2) is 6.68. The van der Waals surface area contributed by atoms with Gasteiger partial charge in [-0.3, -0.25) is 4.57 Å². The van der Waals surface area contributed by atoms with Gasteiger partial charge in [-0.1, -0.05) is 13.0 Å². The molecule has 152 valence electrons. The summed E-state index contributed by atoms with van der Waals surface area (Å²) in [4.78, 5) is 6.99. The Bertz CT molecular complexity index is 1030. The monoisotopic (exact) mass is 391 g/mol. The molecule has 7 heteroatoms. The molecule has 3 aromatic heterocycles. The van der Waals surface area contributed by atoms with E-state index in [9.17, 15) is 0 Å². The lowest BCUT2D eigenvalue weighted by Crippen LogP contribution is -2.33. The maximum absolute atomic E-state index is 4.79. The molecule has 2 fully saturated rings. The van der Waals surface area contributed by atoms with E-state index >= 15 is 0 Å². The van der Waals surface area contributed by atoms with Gasteiger partial charge >= 0.3 is 0 Å². The van der Waals surface area contributed by atoms with Crippen molar-refractivity contribution in [3.05, 3.63) is 47.2 Å². The van der Waals surface area contributed by atoms with Crippen molar-refractivity contribution in [2.75, 3.05) is 11.4 Å². The van der Waals surface area contributed by atoms with Gasteiger partial charge in [-0.25, -0.2) is 9.67 Å². The molecular formula is C22H29N7. The van der Waals surface area contributed by atoms with Gasteiger partial charge in [0, 0.05) is 42.0 Å². The molecule has 7 nitrogen and oxygen atoms in total. The molecule has 0 bridgehead atoms. The van der Waals surface area contributed by atoms with Crippen molar-refractivity contribution in [3.63, 3.8) is 0 Å². The standard InChI is InChI=1S/C22H29N7/c1-5-27-20(24-25-21(27)28-14-8-10-22(28)11-12-22)15(2)19-16(3)26-29(17(19)4)18-9-6-7-13-23-18/h6-7,9,13,15H,5,8,10-12,14H2,1-4H3. The van der Waals surface area contributed by atoms with E-state index in [0.29, 0.717) is 5.54 Å². The predicted octanol–water partition coefficient (Wildman–Crippen LogP) is 3.78. The summed E-state index contributed by atoms with van der Waals surface area (Å²) in [5.74, 6) is 3.04. The predicted molar refractivity (Wildman–Crippen MR) is 113 cm³/mol. The Balaban J connectivity index is 1.54. The topological polar surface area (TPSA) is 64.7 Å². The molecule has 1 atom stereocenters. The molecule has 29 heavy (non-hydrogen) atoms. The van der Waals surface area contributed by atoms with Gasteiger partial charge in [0.2, 0.25) is 5.95 Å². The molecule has 2 aliphatic rings. The van der Waals surface area contributed by atoms with E-state index in [-0.39, 0.29) is 5.92 Å². The molecule has 1 aliphatic carbocycles. The van der Waals surface area contributed by atoms with Crippen molar-refractivity contribution in [3.8, 4) is 5.82 Å². The second-order valence-electron chi connectivity index (χ2n) is 8.49. The normalized spacial score (nSPS) is 18.6. The van der Waals surface area contributed by atoms with Gasteiger partial charge in [0.25, 0.3) is 0 Å². The van der Waals surface area contributed by atoms with Gasteiger partial charge in [0.15, 0.2) is 5.82 Å². The second-order valence-corrected chi connectivity index (χ2v) is 8.49. The number of hydrogen-bond donors (Lipinski definition) is 0. The lowest BCUT2D eigenvalue weighted by atomic mass is 9.98. The molecule has 1 spiro atoms. The SMILES string of the molecule is CCn1c(C(C)c2c(C)nn(-c3ccccn3)c2C)nnc1N1CCCC12CC2. The fourth-order valence-corrected chi connectivity index (χ4v) is 5.16. The molecule has 1 saturated carbocycles. The lowest BCUT2D eigenvalue weighted by molar-refractivity contribution is 0.612. The molecule has 0 amide bonds. The fraction of sp³-hybridized carbons (Fsp3) is 0.545. The minimum Gasteiger partial charge on any atom is -0.335 e. The van der Waals surface area contributed by atoms with Gasteiger partial charge in [-0.2, -0.15) is 5.10 Å². The molecule has 0 aromatic carbocycles. The summed E-state index contributed by atoms with van der Waals surface area (Å²) in [6.45, 7) is 10.6. The molecule has 1 aliphatic heterocycles. The number of pyridine rings is 1. The summed E-state index contributed by atoms with van der Waals surface area (Å²) in [6, 6.07) is 5.91. The highest BCUT2D eigenvalue weighted by atomic mass is 15.4. The fourth-order valence-electron chi connectivity index (χ4n) is 5.16. The van der Waals surface area contributed by atoms with E-state index in [0.717, 1.165) is 42.1 Å². The third-order valence-corrected chi connectivity index (χ3v) is 6.77. The highest BCUT2D eigenvalue weighted by Gasteiger charge is 2.52. The number of aryl methyl sites for hydroxylation is 1. The van der Waals surface area contributed by atoms with Crippen LogP contribution in [0.5, 0.6) is 0 Å². The molecule has 5 rings (SSSR count). The Hall–Kier alpha value is -2.70. The average molecular weight is 392 g/mol. The third-order valence-electron chi connectivity index (χ3n) is 6.77. The molecule has 1 saturated heterocycles. The highest BCUT2D eigenvalue weighted by Crippen LogP contribution is 2.51. The van der Waals surface area contributed by atoms with Gasteiger partial charge in [-0.05, 0) is 58.6 Å². The van der Waals surface area contributed by atoms with Crippen LogP contribution in [0.1, 0.15) is 68.2 Å². The molecule has 0 N–H and O–H groups in total. The van der Waals surface area contributed by atoms with Crippen LogP contribution in [0.2, 0.25) is 0 Å². The number of anilines is 1. The van der Waals surface area contributed by atoms with Gasteiger partial charge < -0.3 is 4.90 Å². The van der Waals surface area contributed by atoms with Crippen LogP contribution in [0.3, 0.4) is 0 Å². The van der Waals surface area contributed by atoms with Gasteiger partial charge in [0.05, 0.1) is 5.69 Å². The molecule has 0 radical (unpaired) electrons. The van der Waals surface area contributed by atoms with E-state index < -0.39 is 0 Å². The number of hydrogen-bond acceptors (Lipinski definition) is 5. The Kier molecular flexibility index (Phi) is 4.22. The van der Waals surface area contributed by atoms with Crippen LogP contribution in [0.25, 0.3) is 5.82 Å². The van der Waals surface area contributed by atoms with Gasteiger partial charge in [-0.15, -0.1) is 10.2 Å². The first-order chi connectivity index (χ1) is 14.1. The number of nitrogens with zero attached hydrogens (tertiary/aromatic N) is 7. The Morgan fingerprint density at radius 3 is 2.66 bits per heavy atom. The van der Waals surface area contributed by atoms with Crippen LogP contribution >= 0.6 is 0 Å². The first-order valence-electron chi connectivity index (χ1n) is 10.7. The Morgan fingerprint density at radius 1 is 1.14 bits per heavy atom. The maximum atomic E-state index is 4.79. The lowest BCUT2D eigenvalue weighted by Gasteiger charge is -2.26. The molecular weight excluding hydrogens is 362 g/mol. The third kappa shape index (κ3) is 2.78. The van der Waals surface area contributed by atoms with E-state index in [1.807, 2.05) is 22.9 Å². The highest BCUT2D eigenvalue weighted by molar-refractivity contribution is 5.44. The van der Waals surface area contributed by atoms with Crippen LogP contribution in [-0.2, 0) is 6.54 Å². The Morgan fingerprint density at radius 2 is 1.97 bits per heavy atom. The first kappa shape index (κ1) is 18.3. The summed E-state index contributed by atoms with van der Waals surface area (Å²) >= 11 is 0. The van der Waals surface area contributed by atoms with Crippen molar-refractivity contribution >= 4 is 5.95 Å². The van der Waals surface area contributed by atoms with Crippen LogP contribution in [0.4, 0.5) is 5.95 Å². The van der Waals surface area contributed by atoms with Crippen LogP contribution in [0.15, 0.2) is 24.4 Å². The average Bonchev–Trinajstić information content (AvgIpc) is 3.07. The number of rotatable bonds is 5. The van der Waals surface area contributed by atoms with Crippen LogP contribution < -0.4 is 4.90 Å². The first-order valence-corrected chi connectivity index (χ1v) is 10.7. The summed E-state index contributed by atoms with van der Waals surface area (Å²) in [5, 5.41) is 14.1. The molecule has 1 unspecified atom stereocenters. The van der Waals surface area contributed by atoms with Crippen LogP contribution in [0, 0.1) is 13.8 Å². The smallest absolute Gasteiger partial charge is 0.227 e. The van der Waals surface area contributed by atoms with Crippen molar-refractivity contribution in [2.45, 2.75) is 71.4 Å². The zero-order valence-electron chi connectivity index (χ0n) is 17.8. The summed E-state index contributed by atoms with van der Waals surface area (Å²) in [5.41, 5.74) is 3.72. The van der Waals surface area contributed by atoms with Gasteiger partial charge in [0.1, 0.15) is 5.82 Å². The minimum atomic E-state index is 0.117. The van der Waals surface area contributed by atoms with E-state index in [1.165, 1.54) is 31.2 Å². The summed E-state index contributed by atoms with van der Waals surface area (Å²) in [7, 11) is 0. The zero-order chi connectivity index (χ0) is 20.2. The quantitative estimate of drug-likeness (QED) is 0.662. The molecule has 4 heterocycles. The number of aromatic nitrogens is 6. The van der Waals surface area contributed by atoms with Crippen LogP contribution in [-0.4, -0.2) is 41.6 Å². The van der Waals surface area contributed by atoms with E-state index in [4.69, 9.17) is 5.10 Å². The summed E-state index contributed by atoms with van der Waals surface area (Å²) < 4.78 is 4.25. The largest absolute Gasteiger partial charge is 0.335 e. The Labute approximate surface area is 171 Å². The van der Waals surface area contributed by atoms with Crippen molar-refractivity contribution < 1.29 is 0 Å².